The van der Waals surface area contributed by atoms with Gasteiger partial charge in [0.2, 0.25) is 5.91 Å². The predicted molar refractivity (Wildman–Crippen MR) is 113 cm³/mol. The van der Waals surface area contributed by atoms with Crippen LogP contribution in [0.2, 0.25) is 0 Å². The summed E-state index contributed by atoms with van der Waals surface area (Å²) in [5, 5.41) is 0.681. The zero-order valence-corrected chi connectivity index (χ0v) is 17.8. The molecule has 1 aliphatic carbocycles. The lowest BCUT2D eigenvalue weighted by Gasteiger charge is -2.25. The minimum atomic E-state index is -4.20. The van der Waals surface area contributed by atoms with Gasteiger partial charge in [0.25, 0.3) is 5.91 Å². The van der Waals surface area contributed by atoms with E-state index in [0.717, 1.165) is 11.1 Å². The maximum Gasteiger partial charge on any atom is 0.392 e. The summed E-state index contributed by atoms with van der Waals surface area (Å²) < 4.78 is 39.1. The molecule has 31 heavy (non-hydrogen) atoms. The number of allylic oxidation sites excluding steroid dienone is 2. The zero-order chi connectivity index (χ0) is 22.9. The number of amides is 2. The topological polar surface area (TPSA) is 76.3 Å². The van der Waals surface area contributed by atoms with Gasteiger partial charge in [-0.05, 0) is 30.9 Å². The number of halogens is 3. The molecule has 0 saturated heterocycles. The van der Waals surface area contributed by atoms with Crippen LogP contribution in [-0.4, -0.2) is 42.0 Å². The van der Waals surface area contributed by atoms with E-state index in [2.05, 4.69) is 0 Å². The SMILES string of the molecule is C[C@H](CC(=O)N(C)C)c1nc2c(C3=CCC(C(F)(F)F)CC3)cccc2cc1C(N)=O. The van der Waals surface area contributed by atoms with Crippen LogP contribution in [0.1, 0.15) is 60.1 Å². The molecule has 0 bridgehead atoms. The molecule has 1 aromatic heterocycles. The number of rotatable bonds is 5. The van der Waals surface area contributed by atoms with Gasteiger partial charge < -0.3 is 10.6 Å². The molecular formula is C23H26F3N3O2. The van der Waals surface area contributed by atoms with Gasteiger partial charge in [-0.3, -0.25) is 14.6 Å². The summed E-state index contributed by atoms with van der Waals surface area (Å²) in [5.74, 6) is -2.42. The van der Waals surface area contributed by atoms with Crippen LogP contribution < -0.4 is 5.73 Å². The van der Waals surface area contributed by atoms with Gasteiger partial charge in [-0.15, -0.1) is 0 Å². The van der Waals surface area contributed by atoms with E-state index >= 15 is 0 Å². The first-order valence-corrected chi connectivity index (χ1v) is 10.2. The largest absolute Gasteiger partial charge is 0.392 e. The van der Waals surface area contributed by atoms with E-state index in [1.165, 1.54) is 4.90 Å². The normalized spacial score (nSPS) is 17.9. The number of hydrogen-bond acceptors (Lipinski definition) is 3. The van der Waals surface area contributed by atoms with Crippen molar-refractivity contribution in [2.75, 3.05) is 14.1 Å². The number of aromatic nitrogens is 1. The molecule has 0 fully saturated rings. The third-order valence-electron chi connectivity index (χ3n) is 5.81. The van der Waals surface area contributed by atoms with Gasteiger partial charge in [-0.25, -0.2) is 0 Å². The summed E-state index contributed by atoms with van der Waals surface area (Å²) in [4.78, 5) is 30.4. The molecule has 0 radical (unpaired) electrons. The third-order valence-corrected chi connectivity index (χ3v) is 5.81. The maximum atomic E-state index is 13.0. The molecule has 1 heterocycles. The first-order chi connectivity index (χ1) is 14.5. The number of alkyl halides is 3. The molecule has 2 amide bonds. The molecule has 1 aromatic carbocycles. The van der Waals surface area contributed by atoms with Crippen molar-refractivity contribution in [3.05, 3.63) is 47.2 Å². The molecule has 1 aliphatic rings. The van der Waals surface area contributed by atoms with Gasteiger partial charge in [-0.1, -0.05) is 31.2 Å². The van der Waals surface area contributed by atoms with Crippen LogP contribution in [0, 0.1) is 5.92 Å². The molecule has 0 saturated carbocycles. The minimum Gasteiger partial charge on any atom is -0.366 e. The Kier molecular flexibility index (Phi) is 6.38. The highest BCUT2D eigenvalue weighted by Gasteiger charge is 2.39. The molecule has 2 aromatic rings. The lowest BCUT2D eigenvalue weighted by molar-refractivity contribution is -0.175. The first kappa shape index (κ1) is 22.8. The Morgan fingerprint density at radius 1 is 1.29 bits per heavy atom. The molecule has 1 unspecified atom stereocenters. The second-order valence-corrected chi connectivity index (χ2v) is 8.30. The minimum absolute atomic E-state index is 0.0334. The summed E-state index contributed by atoms with van der Waals surface area (Å²) in [6.45, 7) is 1.80. The molecule has 3 rings (SSSR count). The highest BCUT2D eigenvalue weighted by Crippen LogP contribution is 2.40. The van der Waals surface area contributed by atoms with Gasteiger partial charge in [0.05, 0.1) is 22.7 Å². The van der Waals surface area contributed by atoms with Crippen LogP contribution in [-0.2, 0) is 4.79 Å². The molecule has 5 nitrogen and oxygen atoms in total. The Balaban J connectivity index is 2.06. The fourth-order valence-corrected chi connectivity index (χ4v) is 3.96. The number of para-hydroxylation sites is 1. The fraction of sp³-hybridized carbons (Fsp3) is 0.435. The van der Waals surface area contributed by atoms with Crippen LogP contribution in [0.4, 0.5) is 13.2 Å². The molecule has 8 heteroatoms. The molecule has 0 aliphatic heterocycles. The van der Waals surface area contributed by atoms with Crippen molar-refractivity contribution in [2.24, 2.45) is 11.7 Å². The Morgan fingerprint density at radius 3 is 2.55 bits per heavy atom. The molecule has 2 atom stereocenters. The lowest BCUT2D eigenvalue weighted by Crippen LogP contribution is -2.25. The molecule has 0 spiro atoms. The Morgan fingerprint density at radius 2 is 2.00 bits per heavy atom. The van der Waals surface area contributed by atoms with Crippen LogP contribution in [0.5, 0.6) is 0 Å². The van der Waals surface area contributed by atoms with E-state index in [9.17, 15) is 22.8 Å². The van der Waals surface area contributed by atoms with E-state index in [4.69, 9.17) is 10.7 Å². The van der Waals surface area contributed by atoms with Crippen LogP contribution in [0.25, 0.3) is 16.5 Å². The number of nitrogens with two attached hydrogens (primary N) is 1. The van der Waals surface area contributed by atoms with Crippen LogP contribution in [0.3, 0.4) is 0 Å². The van der Waals surface area contributed by atoms with E-state index < -0.39 is 18.0 Å². The Bertz CT molecular complexity index is 1040. The van der Waals surface area contributed by atoms with Crippen molar-refractivity contribution in [3.63, 3.8) is 0 Å². The summed E-state index contributed by atoms with van der Waals surface area (Å²) in [5.41, 5.74) is 8.42. The summed E-state index contributed by atoms with van der Waals surface area (Å²) in [6, 6.07) is 7.07. The predicted octanol–water partition coefficient (Wildman–Crippen LogP) is 4.66. The van der Waals surface area contributed by atoms with Gasteiger partial charge in [0.1, 0.15) is 0 Å². The van der Waals surface area contributed by atoms with Crippen molar-refractivity contribution >= 4 is 28.3 Å². The highest BCUT2D eigenvalue weighted by atomic mass is 19.4. The van der Waals surface area contributed by atoms with E-state index in [0.29, 0.717) is 23.0 Å². The third kappa shape index (κ3) is 4.89. The maximum absolute atomic E-state index is 13.0. The number of nitrogens with zero attached hydrogens (tertiary/aromatic N) is 2. The summed E-state index contributed by atoms with van der Waals surface area (Å²) in [6.07, 6.45) is -2.13. The van der Waals surface area contributed by atoms with E-state index in [1.807, 2.05) is 6.07 Å². The number of fused-ring (bicyclic) bond motifs is 1. The number of primary amides is 1. The number of pyridine rings is 1. The second-order valence-electron chi connectivity index (χ2n) is 8.30. The monoisotopic (exact) mass is 433 g/mol. The van der Waals surface area contributed by atoms with E-state index in [1.54, 1.807) is 45.3 Å². The summed E-state index contributed by atoms with van der Waals surface area (Å²) >= 11 is 0. The van der Waals surface area contributed by atoms with Crippen molar-refractivity contribution in [2.45, 2.75) is 44.7 Å². The first-order valence-electron chi connectivity index (χ1n) is 10.2. The second kappa shape index (κ2) is 8.69. The Labute approximate surface area is 179 Å². The molecule has 166 valence electrons. The molecular weight excluding hydrogens is 407 g/mol. The lowest BCUT2D eigenvalue weighted by atomic mass is 9.85. The van der Waals surface area contributed by atoms with Crippen molar-refractivity contribution in [3.8, 4) is 0 Å². The smallest absolute Gasteiger partial charge is 0.366 e. The number of benzene rings is 1. The van der Waals surface area contributed by atoms with Crippen molar-refractivity contribution in [1.29, 1.82) is 0 Å². The van der Waals surface area contributed by atoms with Crippen molar-refractivity contribution in [1.82, 2.24) is 9.88 Å². The molecule has 2 N–H and O–H groups in total. The van der Waals surface area contributed by atoms with Gasteiger partial charge in [0, 0.05) is 37.4 Å². The quantitative estimate of drug-likeness (QED) is 0.745. The number of carbonyl (C=O) groups excluding carboxylic acids is 2. The van der Waals surface area contributed by atoms with Gasteiger partial charge >= 0.3 is 6.18 Å². The van der Waals surface area contributed by atoms with E-state index in [-0.39, 0.29) is 36.7 Å². The van der Waals surface area contributed by atoms with Crippen LogP contribution >= 0.6 is 0 Å². The van der Waals surface area contributed by atoms with Gasteiger partial charge in [-0.2, -0.15) is 13.2 Å². The van der Waals surface area contributed by atoms with Crippen LogP contribution in [0.15, 0.2) is 30.3 Å². The highest BCUT2D eigenvalue weighted by molar-refractivity contribution is 6.00. The average molecular weight is 433 g/mol. The summed E-state index contributed by atoms with van der Waals surface area (Å²) in [7, 11) is 3.31. The number of carbonyl (C=O) groups is 2. The zero-order valence-electron chi connectivity index (χ0n) is 17.8. The fourth-order valence-electron chi connectivity index (χ4n) is 3.96. The number of hydrogen-bond donors (Lipinski definition) is 1. The Hall–Kier alpha value is -2.90. The average Bonchev–Trinajstić information content (AvgIpc) is 2.71. The standard InChI is InChI=1S/C23H26F3N3O2/c1-13(11-19(30)29(2)3)20-18(22(27)31)12-15-5-4-6-17(21(15)28-20)14-7-9-16(10-8-14)23(24,25)26/h4-7,12-13,16H,8-11H2,1-3H3,(H2,27,31)/t13-,16?/m1/s1. The van der Waals surface area contributed by atoms with Crippen molar-refractivity contribution < 1.29 is 22.8 Å². The van der Waals surface area contributed by atoms with Gasteiger partial charge in [0.15, 0.2) is 0 Å².